The van der Waals surface area contributed by atoms with Crippen molar-refractivity contribution in [1.29, 1.82) is 0 Å². The molecule has 1 N–H and O–H groups in total. The van der Waals surface area contributed by atoms with Crippen molar-refractivity contribution in [2.45, 2.75) is 69.4 Å². The van der Waals surface area contributed by atoms with E-state index in [0.717, 1.165) is 54.7 Å². The lowest BCUT2D eigenvalue weighted by Crippen LogP contribution is -2.62. The van der Waals surface area contributed by atoms with Gasteiger partial charge >= 0.3 is 16.1 Å². The molecule has 8 heteroatoms. The molecule has 2 amide bonds. The van der Waals surface area contributed by atoms with Gasteiger partial charge < -0.3 is 14.4 Å². The largest absolute Gasteiger partial charge is 0.379 e. The van der Waals surface area contributed by atoms with Crippen LogP contribution in [0.3, 0.4) is 0 Å². The van der Waals surface area contributed by atoms with Gasteiger partial charge in [-0.2, -0.15) is 8.42 Å². The van der Waals surface area contributed by atoms with Gasteiger partial charge in [-0.05, 0) is 104 Å². The third kappa shape index (κ3) is 5.53. The zero-order valence-electron chi connectivity index (χ0n) is 21.0. The lowest BCUT2D eigenvalue weighted by Gasteiger charge is -2.57. The molecule has 194 valence electrons. The molecule has 0 atom stereocenters. The van der Waals surface area contributed by atoms with Gasteiger partial charge in [-0.3, -0.25) is 0 Å². The highest BCUT2D eigenvalue weighted by Gasteiger charge is 2.51. The molecule has 36 heavy (non-hydrogen) atoms. The number of nitrogens with one attached hydrogen (secondary N) is 1. The zero-order valence-corrected chi connectivity index (χ0v) is 21.8. The van der Waals surface area contributed by atoms with Crippen molar-refractivity contribution in [3.63, 3.8) is 0 Å². The molecular formula is C28H35FN2O4S. The molecule has 4 saturated carbocycles. The van der Waals surface area contributed by atoms with Crippen molar-refractivity contribution in [3.05, 3.63) is 59.9 Å². The maximum atomic E-state index is 13.6. The van der Waals surface area contributed by atoms with Crippen molar-refractivity contribution < 1.29 is 21.8 Å². The highest BCUT2D eigenvalue weighted by molar-refractivity contribution is 7.87. The van der Waals surface area contributed by atoms with Crippen LogP contribution in [0.1, 0.15) is 57.9 Å². The summed E-state index contributed by atoms with van der Waals surface area (Å²) in [6, 6.07) is 11.3. The molecule has 0 radical (unpaired) electrons. The minimum Gasteiger partial charge on any atom is -0.379 e. The topological polar surface area (TPSA) is 75.7 Å². The Kier molecular flexibility index (Phi) is 6.74. The maximum Gasteiger partial charge on any atom is 0.339 e. The van der Waals surface area contributed by atoms with Crippen LogP contribution in [0.15, 0.2) is 53.4 Å². The average Bonchev–Trinajstić information content (AvgIpc) is 2.77. The van der Waals surface area contributed by atoms with E-state index in [1.807, 2.05) is 11.0 Å². The summed E-state index contributed by atoms with van der Waals surface area (Å²) in [7, 11) is -4.10. The van der Waals surface area contributed by atoms with Gasteiger partial charge in [0, 0.05) is 18.6 Å². The Morgan fingerprint density at radius 1 is 1.06 bits per heavy atom. The Morgan fingerprint density at radius 3 is 2.25 bits per heavy atom. The van der Waals surface area contributed by atoms with Gasteiger partial charge in [0.15, 0.2) is 0 Å². The van der Waals surface area contributed by atoms with Crippen LogP contribution in [0.25, 0.3) is 0 Å². The fourth-order valence-corrected chi connectivity index (χ4v) is 7.84. The molecule has 4 aliphatic carbocycles. The molecule has 0 heterocycles. The summed E-state index contributed by atoms with van der Waals surface area (Å²) in [6.45, 7) is 5.11. The van der Waals surface area contributed by atoms with E-state index in [1.54, 1.807) is 18.2 Å². The number of rotatable bonds is 8. The van der Waals surface area contributed by atoms with Crippen LogP contribution in [-0.2, 0) is 16.7 Å². The Morgan fingerprint density at radius 2 is 1.67 bits per heavy atom. The van der Waals surface area contributed by atoms with Crippen LogP contribution in [0.5, 0.6) is 5.75 Å². The number of urea groups is 1. The third-order valence-electron chi connectivity index (χ3n) is 7.86. The fourth-order valence-electron chi connectivity index (χ4n) is 6.92. The van der Waals surface area contributed by atoms with Gasteiger partial charge in [0.1, 0.15) is 16.5 Å². The Hall–Kier alpha value is -2.61. The van der Waals surface area contributed by atoms with Crippen molar-refractivity contribution >= 4 is 16.1 Å². The lowest BCUT2D eigenvalue weighted by atomic mass is 9.53. The first-order valence-electron chi connectivity index (χ1n) is 13.0. The van der Waals surface area contributed by atoms with Crippen LogP contribution in [0.4, 0.5) is 9.18 Å². The molecular weight excluding hydrogens is 479 g/mol. The van der Waals surface area contributed by atoms with E-state index in [4.69, 9.17) is 4.18 Å². The number of amides is 2. The van der Waals surface area contributed by atoms with E-state index in [9.17, 15) is 17.6 Å². The molecule has 6 rings (SSSR count). The van der Waals surface area contributed by atoms with Crippen LogP contribution in [-0.4, -0.2) is 31.4 Å². The van der Waals surface area contributed by atoms with Gasteiger partial charge in [0.25, 0.3) is 0 Å². The van der Waals surface area contributed by atoms with Crippen LogP contribution >= 0.6 is 0 Å². The monoisotopic (exact) mass is 514 g/mol. The first kappa shape index (κ1) is 25.1. The van der Waals surface area contributed by atoms with Crippen molar-refractivity contribution in [1.82, 2.24) is 10.2 Å². The number of hydrogen-bond acceptors (Lipinski definition) is 4. The third-order valence-corrected chi connectivity index (χ3v) is 9.12. The molecule has 0 aliphatic heterocycles. The Labute approximate surface area is 213 Å². The zero-order chi connectivity index (χ0) is 25.5. The molecule has 2 aromatic carbocycles. The second-order valence-electron chi connectivity index (χ2n) is 11.5. The average molecular weight is 515 g/mol. The van der Waals surface area contributed by atoms with E-state index in [0.29, 0.717) is 13.1 Å². The van der Waals surface area contributed by atoms with Gasteiger partial charge in [-0.1, -0.05) is 26.0 Å². The SMILES string of the molecule is CC(C)CN(Cc1cccc(OS(=O)(=O)c2ccc(F)cc2)c1)C(=O)NC12CC3CC(CC(C3)C1)C2. The molecule has 4 aliphatic rings. The van der Waals surface area contributed by atoms with Crippen molar-refractivity contribution in [2.75, 3.05) is 6.54 Å². The summed E-state index contributed by atoms with van der Waals surface area (Å²) in [5.74, 6) is 2.15. The van der Waals surface area contributed by atoms with Crippen molar-refractivity contribution in [2.24, 2.45) is 23.7 Å². The van der Waals surface area contributed by atoms with E-state index in [1.165, 1.54) is 31.4 Å². The quantitative estimate of drug-likeness (QED) is 0.457. The molecule has 0 spiro atoms. The van der Waals surface area contributed by atoms with Crippen LogP contribution < -0.4 is 9.50 Å². The van der Waals surface area contributed by atoms with Crippen molar-refractivity contribution in [3.8, 4) is 5.75 Å². The van der Waals surface area contributed by atoms with E-state index in [-0.39, 0.29) is 28.1 Å². The van der Waals surface area contributed by atoms with Gasteiger partial charge in [0.2, 0.25) is 0 Å². The molecule has 4 bridgehead atoms. The molecule has 0 unspecified atom stereocenters. The summed E-state index contributed by atoms with van der Waals surface area (Å²) in [5, 5.41) is 3.46. The molecule has 0 saturated heterocycles. The van der Waals surface area contributed by atoms with Crippen LogP contribution in [0, 0.1) is 29.5 Å². The predicted octanol–water partition coefficient (Wildman–Crippen LogP) is 5.73. The fraction of sp³-hybridized carbons (Fsp3) is 0.536. The minimum absolute atomic E-state index is 0.0455. The maximum absolute atomic E-state index is 13.6. The summed E-state index contributed by atoms with van der Waals surface area (Å²) < 4.78 is 43.8. The number of hydrogen-bond donors (Lipinski definition) is 1. The number of nitrogens with zero attached hydrogens (tertiary/aromatic N) is 1. The molecule has 4 fully saturated rings. The molecule has 6 nitrogen and oxygen atoms in total. The van der Waals surface area contributed by atoms with Gasteiger partial charge in [0.05, 0.1) is 0 Å². The summed E-state index contributed by atoms with van der Waals surface area (Å²) in [4.78, 5) is 15.3. The van der Waals surface area contributed by atoms with Gasteiger partial charge in [-0.25, -0.2) is 9.18 Å². The second kappa shape index (κ2) is 9.69. The van der Waals surface area contributed by atoms with Gasteiger partial charge in [-0.15, -0.1) is 0 Å². The van der Waals surface area contributed by atoms with Crippen LogP contribution in [0.2, 0.25) is 0 Å². The summed E-state index contributed by atoms with van der Waals surface area (Å²) >= 11 is 0. The first-order valence-corrected chi connectivity index (χ1v) is 14.4. The second-order valence-corrected chi connectivity index (χ2v) is 13.1. The minimum atomic E-state index is -4.10. The first-order chi connectivity index (χ1) is 17.1. The number of benzene rings is 2. The number of carbonyl (C=O) groups excluding carboxylic acids is 1. The molecule has 0 aromatic heterocycles. The normalized spacial score (nSPS) is 26.7. The van der Waals surface area contributed by atoms with E-state index in [2.05, 4.69) is 19.2 Å². The Balaban J connectivity index is 1.29. The number of carbonyl (C=O) groups is 1. The van der Waals surface area contributed by atoms with E-state index < -0.39 is 15.9 Å². The smallest absolute Gasteiger partial charge is 0.339 e. The molecule has 2 aromatic rings. The summed E-state index contributed by atoms with van der Waals surface area (Å²) in [5.41, 5.74) is 0.707. The highest BCUT2D eigenvalue weighted by Crippen LogP contribution is 2.55. The Bertz CT molecular complexity index is 1180. The highest BCUT2D eigenvalue weighted by atomic mass is 32.2. The standard InChI is InChI=1S/C28H35FN2O4S/c1-19(2)17-31(27(32)30-28-14-21-10-22(15-28)12-23(11-21)16-28)18-20-4-3-5-25(13-20)35-36(33,34)26-8-6-24(29)7-9-26/h3-9,13,19,21-23H,10-12,14-18H2,1-2H3,(H,30,32). The van der Waals surface area contributed by atoms with E-state index >= 15 is 0 Å². The predicted molar refractivity (Wildman–Crippen MR) is 135 cm³/mol. The lowest BCUT2D eigenvalue weighted by molar-refractivity contribution is -0.0160. The number of halogens is 1. The summed E-state index contributed by atoms with van der Waals surface area (Å²) in [6.07, 6.45) is 7.22.